The molecule has 176 valence electrons. The molecule has 0 saturated heterocycles. The first-order valence-corrected chi connectivity index (χ1v) is 11.3. The van der Waals surface area contributed by atoms with E-state index in [2.05, 4.69) is 29.6 Å². The number of hydrogen-bond donors (Lipinski definition) is 2. The molecule has 2 N–H and O–H groups in total. The van der Waals surface area contributed by atoms with E-state index in [0.717, 1.165) is 11.1 Å². The third kappa shape index (κ3) is 5.72. The van der Waals surface area contributed by atoms with Crippen LogP contribution in [0.2, 0.25) is 0 Å². The Hall–Kier alpha value is -3.35. The van der Waals surface area contributed by atoms with Crippen LogP contribution in [0.15, 0.2) is 48.5 Å². The summed E-state index contributed by atoms with van der Waals surface area (Å²) < 4.78 is 5.54. The van der Waals surface area contributed by atoms with E-state index in [1.807, 2.05) is 31.2 Å². The Morgan fingerprint density at radius 3 is 2.15 bits per heavy atom. The minimum atomic E-state index is -0.934. The Labute approximate surface area is 194 Å². The number of rotatable bonds is 10. The van der Waals surface area contributed by atoms with Crippen molar-refractivity contribution in [3.05, 3.63) is 59.7 Å². The first kappa shape index (κ1) is 24.3. The molecule has 2 amide bonds. The van der Waals surface area contributed by atoms with Gasteiger partial charge in [0.1, 0.15) is 6.61 Å². The van der Waals surface area contributed by atoms with Gasteiger partial charge in [0.25, 0.3) is 0 Å². The van der Waals surface area contributed by atoms with Crippen LogP contribution in [0.1, 0.15) is 50.7 Å². The van der Waals surface area contributed by atoms with Gasteiger partial charge in [0.15, 0.2) is 0 Å². The van der Waals surface area contributed by atoms with Gasteiger partial charge in [-0.1, -0.05) is 62.4 Å². The summed E-state index contributed by atoms with van der Waals surface area (Å²) in [5.41, 5.74) is 3.92. The smallest absolute Gasteiger partial charge is 0.407 e. The van der Waals surface area contributed by atoms with Crippen LogP contribution in [0.5, 0.6) is 0 Å². The van der Waals surface area contributed by atoms with Gasteiger partial charge in [-0.25, -0.2) is 4.79 Å². The number of amides is 2. The van der Waals surface area contributed by atoms with Crippen molar-refractivity contribution >= 4 is 18.0 Å². The van der Waals surface area contributed by atoms with Crippen molar-refractivity contribution in [2.24, 2.45) is 5.41 Å². The molecule has 0 unspecified atom stereocenters. The number of carboxylic acids is 1. The molecule has 0 aromatic heterocycles. The second kappa shape index (κ2) is 10.5. The van der Waals surface area contributed by atoms with E-state index in [9.17, 15) is 14.4 Å². The summed E-state index contributed by atoms with van der Waals surface area (Å²) in [4.78, 5) is 37.5. The third-order valence-electron chi connectivity index (χ3n) is 6.21. The summed E-state index contributed by atoms with van der Waals surface area (Å²) in [5.74, 6) is -1.06. The predicted molar refractivity (Wildman–Crippen MR) is 126 cm³/mol. The van der Waals surface area contributed by atoms with Crippen molar-refractivity contribution in [2.75, 3.05) is 26.2 Å². The van der Waals surface area contributed by atoms with E-state index < -0.39 is 17.5 Å². The van der Waals surface area contributed by atoms with E-state index in [1.54, 1.807) is 18.7 Å². The molecular formula is C26H32N2O5. The quantitative estimate of drug-likeness (QED) is 0.561. The highest BCUT2D eigenvalue weighted by Crippen LogP contribution is 2.44. The average molecular weight is 453 g/mol. The zero-order valence-corrected chi connectivity index (χ0v) is 19.5. The predicted octanol–water partition coefficient (Wildman–Crippen LogP) is 4.26. The van der Waals surface area contributed by atoms with Crippen LogP contribution in [0.25, 0.3) is 11.1 Å². The van der Waals surface area contributed by atoms with E-state index in [-0.39, 0.29) is 37.9 Å². The highest BCUT2D eigenvalue weighted by molar-refractivity contribution is 5.82. The molecule has 33 heavy (non-hydrogen) atoms. The monoisotopic (exact) mass is 452 g/mol. The van der Waals surface area contributed by atoms with Gasteiger partial charge in [-0.05, 0) is 35.6 Å². The molecule has 0 spiro atoms. The van der Waals surface area contributed by atoms with Gasteiger partial charge in [-0.15, -0.1) is 0 Å². The van der Waals surface area contributed by atoms with Crippen molar-refractivity contribution in [1.29, 1.82) is 0 Å². The second-order valence-electron chi connectivity index (χ2n) is 8.91. The number of nitrogens with one attached hydrogen (secondary N) is 1. The molecule has 0 atom stereocenters. The number of carbonyl (C=O) groups excluding carboxylic acids is 2. The van der Waals surface area contributed by atoms with Crippen LogP contribution in [-0.4, -0.2) is 54.2 Å². The Morgan fingerprint density at radius 2 is 1.61 bits per heavy atom. The second-order valence-corrected chi connectivity index (χ2v) is 8.91. The van der Waals surface area contributed by atoms with Crippen LogP contribution >= 0.6 is 0 Å². The maximum Gasteiger partial charge on any atom is 0.407 e. The fraction of sp³-hybridized carbons (Fsp3) is 0.423. The van der Waals surface area contributed by atoms with Gasteiger partial charge in [0.05, 0.1) is 6.42 Å². The lowest BCUT2D eigenvalue weighted by Crippen LogP contribution is -2.43. The third-order valence-corrected chi connectivity index (χ3v) is 6.21. The molecule has 0 radical (unpaired) electrons. The minimum absolute atomic E-state index is 0.00600. The molecule has 0 fully saturated rings. The summed E-state index contributed by atoms with van der Waals surface area (Å²) in [5, 5.41) is 11.6. The number of fused-ring (bicyclic) bond motifs is 3. The minimum Gasteiger partial charge on any atom is -0.481 e. The van der Waals surface area contributed by atoms with E-state index in [0.29, 0.717) is 13.0 Å². The lowest BCUT2D eigenvalue weighted by Gasteiger charge is -2.31. The molecule has 7 heteroatoms. The molecule has 1 aliphatic carbocycles. The molecule has 2 aromatic carbocycles. The Balaban J connectivity index is 1.51. The number of aliphatic carboxylic acids is 1. The van der Waals surface area contributed by atoms with Gasteiger partial charge in [-0.2, -0.15) is 0 Å². The van der Waals surface area contributed by atoms with E-state index >= 15 is 0 Å². The summed E-state index contributed by atoms with van der Waals surface area (Å²) >= 11 is 0. The zero-order valence-electron chi connectivity index (χ0n) is 19.5. The fourth-order valence-corrected chi connectivity index (χ4v) is 4.30. The number of carbonyl (C=O) groups is 3. The van der Waals surface area contributed by atoms with Crippen LogP contribution in [0.3, 0.4) is 0 Å². The highest BCUT2D eigenvalue weighted by Gasteiger charge is 2.32. The van der Waals surface area contributed by atoms with Gasteiger partial charge >= 0.3 is 12.1 Å². The topological polar surface area (TPSA) is 95.9 Å². The summed E-state index contributed by atoms with van der Waals surface area (Å²) in [7, 11) is 0. The normalized spacial score (nSPS) is 12.6. The number of benzene rings is 2. The molecule has 0 aliphatic heterocycles. The van der Waals surface area contributed by atoms with Crippen LogP contribution in [0.4, 0.5) is 4.79 Å². The molecule has 2 aromatic rings. The van der Waals surface area contributed by atoms with Crippen molar-refractivity contribution in [3.63, 3.8) is 0 Å². The first-order valence-electron chi connectivity index (χ1n) is 11.3. The van der Waals surface area contributed by atoms with Crippen LogP contribution in [0, 0.1) is 5.41 Å². The number of nitrogens with zero attached hydrogens (tertiary/aromatic N) is 1. The van der Waals surface area contributed by atoms with Crippen LogP contribution in [-0.2, 0) is 14.3 Å². The lowest BCUT2D eigenvalue weighted by molar-refractivity contribution is -0.142. The number of hydrogen-bond acceptors (Lipinski definition) is 4. The Bertz CT molecular complexity index is 972. The molecular weight excluding hydrogens is 420 g/mol. The Morgan fingerprint density at radius 1 is 1.03 bits per heavy atom. The maximum absolute atomic E-state index is 12.8. The highest BCUT2D eigenvalue weighted by atomic mass is 16.5. The summed E-state index contributed by atoms with van der Waals surface area (Å²) in [6.45, 7) is 6.57. The summed E-state index contributed by atoms with van der Waals surface area (Å²) in [6.07, 6.45) is -0.189. The fourth-order valence-electron chi connectivity index (χ4n) is 4.30. The maximum atomic E-state index is 12.8. The number of ether oxygens (including phenoxy) is 1. The van der Waals surface area contributed by atoms with Gasteiger partial charge in [0, 0.05) is 31.0 Å². The van der Waals surface area contributed by atoms with Gasteiger partial charge in [-0.3, -0.25) is 9.59 Å². The summed E-state index contributed by atoms with van der Waals surface area (Å²) in [6, 6.07) is 16.3. The largest absolute Gasteiger partial charge is 0.481 e. The molecule has 3 rings (SSSR count). The average Bonchev–Trinajstić information content (AvgIpc) is 3.11. The van der Waals surface area contributed by atoms with Crippen LogP contribution < -0.4 is 5.32 Å². The SMILES string of the molecule is CCN(CCC(=O)O)C(=O)C(C)(C)CCNC(=O)OCC1c2ccccc2-c2ccccc21. The zero-order chi connectivity index (χ0) is 24.0. The number of carboxylic acid groups (broad SMARTS) is 1. The van der Waals surface area contributed by atoms with Crippen molar-refractivity contribution in [1.82, 2.24) is 10.2 Å². The molecule has 0 saturated carbocycles. The van der Waals surface area contributed by atoms with Crippen molar-refractivity contribution < 1.29 is 24.2 Å². The van der Waals surface area contributed by atoms with Crippen molar-refractivity contribution in [2.45, 2.75) is 39.5 Å². The molecule has 0 bridgehead atoms. The molecule has 1 aliphatic rings. The van der Waals surface area contributed by atoms with E-state index in [4.69, 9.17) is 9.84 Å². The van der Waals surface area contributed by atoms with Gasteiger partial charge in [0.2, 0.25) is 5.91 Å². The molecule has 0 heterocycles. The lowest BCUT2D eigenvalue weighted by atomic mass is 9.87. The van der Waals surface area contributed by atoms with E-state index in [1.165, 1.54) is 11.1 Å². The standard InChI is InChI=1S/C26H32N2O5/c1-4-28(16-13-23(29)30)24(31)26(2,3)14-15-27-25(32)33-17-22-20-11-7-5-9-18(20)19-10-6-8-12-21(19)22/h5-12,22H,4,13-17H2,1-3H3,(H,27,32)(H,29,30). The molecule has 7 nitrogen and oxygen atoms in total. The number of alkyl carbamates (subject to hydrolysis) is 1. The van der Waals surface area contributed by atoms with Gasteiger partial charge < -0.3 is 20.1 Å². The van der Waals surface area contributed by atoms with Crippen molar-refractivity contribution in [3.8, 4) is 11.1 Å². The Kier molecular flexibility index (Phi) is 7.74. The first-order chi connectivity index (χ1) is 15.7.